The molecule has 0 aliphatic heterocycles. The lowest BCUT2D eigenvalue weighted by Gasteiger charge is -2.33. The van der Waals surface area contributed by atoms with E-state index in [1.165, 1.54) is 50.6 Å². The molecule has 3 N–H and O–H groups in total. The lowest BCUT2D eigenvalue weighted by molar-refractivity contribution is -0.265. The highest BCUT2D eigenvalue weighted by Crippen LogP contribution is 2.41. The quantitative estimate of drug-likeness (QED) is 0.162. The molecule has 0 spiro atoms. The highest BCUT2D eigenvalue weighted by molar-refractivity contribution is 6.31. The van der Waals surface area contributed by atoms with Gasteiger partial charge < -0.3 is 30.0 Å². The molecule has 1 heterocycles. The third-order valence-corrected chi connectivity index (χ3v) is 7.57. The summed E-state index contributed by atoms with van der Waals surface area (Å²) in [5, 5.41) is 16.4. The third kappa shape index (κ3) is 7.60. The maximum Gasteiger partial charge on any atom is 0.424 e. The Bertz CT molecular complexity index is 1500. The number of rotatable bonds is 13. The van der Waals surface area contributed by atoms with Crippen LogP contribution in [0.1, 0.15) is 48.3 Å². The number of hydrogen-bond donors (Lipinski definition) is 3. The average Bonchev–Trinajstić information content (AvgIpc) is 3.80. The van der Waals surface area contributed by atoms with E-state index in [9.17, 15) is 27.5 Å². The van der Waals surface area contributed by atoms with Gasteiger partial charge in [-0.3, -0.25) is 4.79 Å². The summed E-state index contributed by atoms with van der Waals surface area (Å²) >= 11 is 5.96. The van der Waals surface area contributed by atoms with Crippen molar-refractivity contribution in [2.45, 2.75) is 50.1 Å². The first-order valence-corrected chi connectivity index (χ1v) is 14.2. The van der Waals surface area contributed by atoms with Crippen LogP contribution in [0.5, 0.6) is 11.5 Å². The van der Waals surface area contributed by atoms with Crippen LogP contribution in [0.2, 0.25) is 5.02 Å². The number of alkyl halides is 3. The van der Waals surface area contributed by atoms with Crippen LogP contribution in [-0.2, 0) is 15.9 Å². The normalized spacial score (nSPS) is 15.0. The molecular weight excluding hydrogens is 606 g/mol. The Morgan fingerprint density at radius 3 is 2.41 bits per heavy atom. The Hall–Kier alpha value is -3.45. The van der Waals surface area contributed by atoms with Crippen LogP contribution in [0.15, 0.2) is 48.5 Å². The molecule has 1 aliphatic rings. The van der Waals surface area contributed by atoms with Gasteiger partial charge in [-0.15, -0.1) is 0 Å². The number of carbonyl (C=O) groups is 1. The molecule has 3 aromatic rings. The predicted molar refractivity (Wildman–Crippen MR) is 156 cm³/mol. The molecule has 1 atom stereocenters. The molecule has 1 aliphatic carbocycles. The first kappa shape index (κ1) is 33.4. The molecule has 2 aromatic carbocycles. The summed E-state index contributed by atoms with van der Waals surface area (Å²) < 4.78 is 74.1. The molecule has 1 saturated carbocycles. The molecule has 1 amide bonds. The molecule has 4 rings (SSSR count). The topological polar surface area (TPSA) is 102 Å². The number of halogens is 5. The van der Waals surface area contributed by atoms with Crippen LogP contribution in [0, 0.1) is 5.82 Å². The van der Waals surface area contributed by atoms with E-state index in [2.05, 4.69) is 15.6 Å². The van der Waals surface area contributed by atoms with Gasteiger partial charge >= 0.3 is 6.18 Å². The lowest BCUT2D eigenvalue weighted by atomic mass is 9.88. The SMILES string of the molecule is COCCNC(C)(C)c1cc(-c2ccc(F)c(Cl)c2)nc(C(O)(CNC(=O)c2ccc(OC3CC3)c(OC)c2)C(F)(F)F)c1. The van der Waals surface area contributed by atoms with Gasteiger partial charge in [-0.25, -0.2) is 9.37 Å². The maximum absolute atomic E-state index is 14.7. The van der Waals surface area contributed by atoms with Crippen molar-refractivity contribution in [1.82, 2.24) is 15.6 Å². The van der Waals surface area contributed by atoms with Crippen molar-refractivity contribution in [3.63, 3.8) is 0 Å². The number of aromatic nitrogens is 1. The monoisotopic (exact) mass is 639 g/mol. The first-order valence-electron chi connectivity index (χ1n) is 13.8. The Balaban J connectivity index is 1.71. The van der Waals surface area contributed by atoms with Gasteiger partial charge in [0.05, 0.1) is 42.8 Å². The smallest absolute Gasteiger partial charge is 0.424 e. The molecule has 0 bridgehead atoms. The zero-order valence-electron chi connectivity index (χ0n) is 24.6. The molecule has 13 heteroatoms. The van der Waals surface area contributed by atoms with Crippen molar-refractivity contribution in [3.05, 3.63) is 76.2 Å². The Kier molecular flexibility index (Phi) is 10.1. The summed E-state index contributed by atoms with van der Waals surface area (Å²) in [6, 6.07) is 10.5. The number of amides is 1. The van der Waals surface area contributed by atoms with E-state index in [-0.39, 0.29) is 33.7 Å². The predicted octanol–water partition coefficient (Wildman–Crippen LogP) is 5.74. The molecule has 238 valence electrons. The Labute approximate surface area is 257 Å². The number of hydrogen-bond acceptors (Lipinski definition) is 7. The minimum absolute atomic E-state index is 0.00125. The highest BCUT2D eigenvalue weighted by atomic mass is 35.5. The van der Waals surface area contributed by atoms with E-state index < -0.39 is 41.3 Å². The van der Waals surface area contributed by atoms with E-state index in [0.717, 1.165) is 25.0 Å². The summed E-state index contributed by atoms with van der Waals surface area (Å²) in [4.78, 5) is 17.2. The van der Waals surface area contributed by atoms with E-state index in [1.807, 2.05) is 0 Å². The fraction of sp³-hybridized carbons (Fsp3) is 0.419. The fourth-order valence-corrected chi connectivity index (χ4v) is 4.57. The second-order valence-corrected chi connectivity index (χ2v) is 11.4. The van der Waals surface area contributed by atoms with Crippen LogP contribution in [0.3, 0.4) is 0 Å². The summed E-state index contributed by atoms with van der Waals surface area (Å²) in [6.45, 7) is 2.92. The van der Waals surface area contributed by atoms with Crippen molar-refractivity contribution in [2.75, 3.05) is 33.9 Å². The van der Waals surface area contributed by atoms with Crippen LogP contribution >= 0.6 is 11.6 Å². The van der Waals surface area contributed by atoms with Gasteiger partial charge in [0.2, 0.25) is 5.60 Å². The molecule has 44 heavy (non-hydrogen) atoms. The molecule has 1 fully saturated rings. The summed E-state index contributed by atoms with van der Waals surface area (Å²) in [7, 11) is 2.90. The van der Waals surface area contributed by atoms with E-state index in [4.69, 9.17) is 25.8 Å². The Morgan fingerprint density at radius 2 is 1.80 bits per heavy atom. The van der Waals surface area contributed by atoms with Gasteiger partial charge in [0.25, 0.3) is 5.91 Å². The summed E-state index contributed by atoms with van der Waals surface area (Å²) in [5.41, 5.74) is -4.75. The van der Waals surface area contributed by atoms with Crippen molar-refractivity contribution in [3.8, 4) is 22.8 Å². The van der Waals surface area contributed by atoms with Gasteiger partial charge in [0, 0.05) is 30.3 Å². The minimum atomic E-state index is -5.27. The van der Waals surface area contributed by atoms with E-state index >= 15 is 0 Å². The molecule has 1 aromatic heterocycles. The average molecular weight is 640 g/mol. The highest BCUT2D eigenvalue weighted by Gasteiger charge is 2.56. The van der Waals surface area contributed by atoms with Gasteiger partial charge in [-0.1, -0.05) is 11.6 Å². The van der Waals surface area contributed by atoms with Crippen LogP contribution in [0.4, 0.5) is 17.6 Å². The van der Waals surface area contributed by atoms with E-state index in [1.54, 1.807) is 13.8 Å². The number of ether oxygens (including phenoxy) is 3. The van der Waals surface area contributed by atoms with Crippen LogP contribution < -0.4 is 20.1 Å². The molecule has 1 unspecified atom stereocenters. The number of methoxy groups -OCH3 is 2. The van der Waals surface area contributed by atoms with Crippen molar-refractivity contribution in [2.24, 2.45) is 0 Å². The maximum atomic E-state index is 14.7. The summed E-state index contributed by atoms with van der Waals surface area (Å²) in [6.07, 6.45) is -3.42. The zero-order valence-corrected chi connectivity index (χ0v) is 25.4. The molecule has 0 radical (unpaired) electrons. The molecule has 8 nitrogen and oxygen atoms in total. The Morgan fingerprint density at radius 1 is 1.07 bits per heavy atom. The number of pyridine rings is 1. The second kappa shape index (κ2) is 13.3. The number of benzene rings is 2. The number of carbonyl (C=O) groups excluding carboxylic acids is 1. The van der Waals surface area contributed by atoms with Gasteiger partial charge in [-0.2, -0.15) is 13.2 Å². The number of nitrogens with one attached hydrogen (secondary N) is 2. The fourth-order valence-electron chi connectivity index (χ4n) is 4.39. The lowest BCUT2D eigenvalue weighted by Crippen LogP contribution is -2.52. The van der Waals surface area contributed by atoms with Gasteiger partial charge in [0.1, 0.15) is 5.82 Å². The first-order chi connectivity index (χ1) is 20.7. The van der Waals surface area contributed by atoms with E-state index in [0.29, 0.717) is 24.5 Å². The van der Waals surface area contributed by atoms with Crippen LogP contribution in [0.25, 0.3) is 11.3 Å². The van der Waals surface area contributed by atoms with Gasteiger partial charge in [0.15, 0.2) is 11.5 Å². The number of nitrogens with zero attached hydrogens (tertiary/aromatic N) is 1. The molecule has 0 saturated heterocycles. The number of aliphatic hydroxyl groups is 1. The van der Waals surface area contributed by atoms with Gasteiger partial charge in [-0.05, 0) is 80.8 Å². The van der Waals surface area contributed by atoms with Crippen LogP contribution in [-0.4, -0.2) is 62.2 Å². The standard InChI is InChI=1S/C31H34ClF4N3O5/c1-29(2,38-11-12-42-3)20-15-24(18-5-9-23(33)22(32)13-18)39-27(16-20)30(41,31(34,35)36)17-37-28(40)19-6-10-25(26(14-19)43-4)44-21-7-8-21/h5-6,9-10,13-16,21,38,41H,7-8,11-12,17H2,1-4H3,(H,37,40). The summed E-state index contributed by atoms with van der Waals surface area (Å²) in [5.74, 6) is -0.941. The minimum Gasteiger partial charge on any atom is -0.493 e. The third-order valence-electron chi connectivity index (χ3n) is 7.28. The zero-order chi connectivity index (χ0) is 32.3. The second-order valence-electron chi connectivity index (χ2n) is 11.0. The largest absolute Gasteiger partial charge is 0.493 e. The molecular formula is C31H34ClF4N3O5. The van der Waals surface area contributed by atoms with Crippen molar-refractivity contribution < 1.29 is 41.7 Å². The van der Waals surface area contributed by atoms with Crippen molar-refractivity contribution >= 4 is 17.5 Å². The van der Waals surface area contributed by atoms with Crippen molar-refractivity contribution in [1.29, 1.82) is 0 Å².